The van der Waals surface area contributed by atoms with Crippen LogP contribution in [0.5, 0.6) is 0 Å². The molecule has 0 radical (unpaired) electrons. The lowest BCUT2D eigenvalue weighted by Crippen LogP contribution is -2.26. The number of rotatable bonds is 5. The molecule has 0 aliphatic carbocycles. The fourth-order valence-corrected chi connectivity index (χ4v) is 2.57. The van der Waals surface area contributed by atoms with Crippen molar-refractivity contribution < 1.29 is 4.79 Å². The Labute approximate surface area is 139 Å². The van der Waals surface area contributed by atoms with Crippen molar-refractivity contribution in [3.8, 4) is 0 Å². The van der Waals surface area contributed by atoms with Crippen LogP contribution in [-0.2, 0) is 16.6 Å². The summed E-state index contributed by atoms with van der Waals surface area (Å²) in [6.45, 7) is 8.65. The minimum atomic E-state index is 0.0481. The van der Waals surface area contributed by atoms with Gasteiger partial charge in [-0.25, -0.2) is 0 Å². The van der Waals surface area contributed by atoms with Crippen LogP contribution in [0.2, 0.25) is 0 Å². The molecule has 2 rings (SSSR count). The van der Waals surface area contributed by atoms with E-state index in [1.807, 2.05) is 37.3 Å². The molecule has 2 nitrogen and oxygen atoms in total. The first-order valence-electron chi connectivity index (χ1n) is 8.30. The summed E-state index contributed by atoms with van der Waals surface area (Å²) in [6.07, 6.45) is 1.30. The second-order valence-corrected chi connectivity index (χ2v) is 7.15. The molecule has 0 saturated carbocycles. The Morgan fingerprint density at radius 1 is 1.00 bits per heavy atom. The topological polar surface area (TPSA) is 29.1 Å². The van der Waals surface area contributed by atoms with Crippen LogP contribution >= 0.6 is 0 Å². The average Bonchev–Trinajstić information content (AvgIpc) is 2.53. The summed E-state index contributed by atoms with van der Waals surface area (Å²) in [5, 5.41) is 3.06. The minimum Gasteiger partial charge on any atom is -0.350 e. The molecule has 1 N–H and O–H groups in total. The van der Waals surface area contributed by atoms with Gasteiger partial charge in [-0.3, -0.25) is 4.79 Å². The molecule has 0 fully saturated rings. The number of hydrogen-bond acceptors (Lipinski definition) is 1. The summed E-state index contributed by atoms with van der Waals surface area (Å²) in [4.78, 5) is 12.1. The number of hydrogen-bond donors (Lipinski definition) is 1. The van der Waals surface area contributed by atoms with Crippen LogP contribution in [-0.4, -0.2) is 5.91 Å². The van der Waals surface area contributed by atoms with E-state index in [9.17, 15) is 4.79 Å². The summed E-state index contributed by atoms with van der Waals surface area (Å²) in [7, 11) is 0. The molecule has 1 atom stereocenters. The maximum atomic E-state index is 12.1. The molecule has 2 heteroatoms. The van der Waals surface area contributed by atoms with Crippen molar-refractivity contribution >= 4 is 5.91 Å². The Morgan fingerprint density at radius 3 is 2.17 bits per heavy atom. The minimum absolute atomic E-state index is 0.0481. The molecule has 0 bridgehead atoms. The van der Waals surface area contributed by atoms with Crippen LogP contribution < -0.4 is 5.32 Å². The van der Waals surface area contributed by atoms with Crippen molar-refractivity contribution in [1.29, 1.82) is 0 Å². The average molecular weight is 309 g/mol. The lowest BCUT2D eigenvalue weighted by atomic mass is 9.86. The van der Waals surface area contributed by atoms with E-state index < -0.39 is 0 Å². The standard InChI is InChI=1S/C21H27NO/c1-16(18-8-6-5-7-9-18)22-20(23)15-12-17-10-13-19(14-11-17)21(2,3)4/h5-11,13-14,16H,12,15H2,1-4H3,(H,22,23)/t16-/m1/s1. The van der Waals surface area contributed by atoms with Crippen molar-refractivity contribution in [3.63, 3.8) is 0 Å². The molecule has 2 aromatic rings. The van der Waals surface area contributed by atoms with Gasteiger partial charge in [0.15, 0.2) is 0 Å². The first-order valence-corrected chi connectivity index (χ1v) is 8.30. The number of benzene rings is 2. The van der Waals surface area contributed by atoms with Crippen LogP contribution in [0, 0.1) is 0 Å². The zero-order chi connectivity index (χ0) is 16.9. The predicted molar refractivity (Wildman–Crippen MR) is 96.5 cm³/mol. The Kier molecular flexibility index (Phi) is 5.59. The summed E-state index contributed by atoms with van der Waals surface area (Å²) in [5.74, 6) is 0.0984. The van der Waals surface area contributed by atoms with Crippen molar-refractivity contribution in [3.05, 3.63) is 71.3 Å². The quantitative estimate of drug-likeness (QED) is 0.845. The molecule has 0 saturated heterocycles. The highest BCUT2D eigenvalue weighted by Crippen LogP contribution is 2.22. The number of carbonyl (C=O) groups is 1. The van der Waals surface area contributed by atoms with Gasteiger partial charge >= 0.3 is 0 Å². The first kappa shape index (κ1) is 17.3. The number of aryl methyl sites for hydroxylation is 1. The smallest absolute Gasteiger partial charge is 0.220 e. The zero-order valence-corrected chi connectivity index (χ0v) is 14.6. The van der Waals surface area contributed by atoms with E-state index >= 15 is 0 Å². The van der Waals surface area contributed by atoms with Gasteiger partial charge in [0.2, 0.25) is 5.91 Å². The van der Waals surface area contributed by atoms with E-state index in [1.54, 1.807) is 0 Å². The van der Waals surface area contributed by atoms with Crippen LogP contribution in [0.1, 0.15) is 56.8 Å². The van der Waals surface area contributed by atoms with E-state index in [4.69, 9.17) is 0 Å². The lowest BCUT2D eigenvalue weighted by Gasteiger charge is -2.19. The summed E-state index contributed by atoms with van der Waals surface area (Å²) in [5.41, 5.74) is 3.83. The number of amides is 1. The molecule has 0 aromatic heterocycles. The van der Waals surface area contributed by atoms with Crippen molar-refractivity contribution in [2.45, 2.75) is 52.0 Å². The van der Waals surface area contributed by atoms with E-state index in [0.29, 0.717) is 6.42 Å². The molecule has 0 spiro atoms. The molecule has 2 aromatic carbocycles. The fourth-order valence-electron chi connectivity index (χ4n) is 2.57. The Hall–Kier alpha value is -2.09. The van der Waals surface area contributed by atoms with Gasteiger partial charge in [-0.2, -0.15) is 0 Å². The van der Waals surface area contributed by atoms with Crippen molar-refractivity contribution in [1.82, 2.24) is 5.32 Å². The van der Waals surface area contributed by atoms with Crippen LogP contribution in [0.15, 0.2) is 54.6 Å². The van der Waals surface area contributed by atoms with E-state index in [-0.39, 0.29) is 17.4 Å². The molecule has 0 heterocycles. The van der Waals surface area contributed by atoms with Crippen LogP contribution in [0.25, 0.3) is 0 Å². The summed E-state index contributed by atoms with van der Waals surface area (Å²) < 4.78 is 0. The zero-order valence-electron chi connectivity index (χ0n) is 14.6. The third-order valence-electron chi connectivity index (χ3n) is 4.14. The van der Waals surface area contributed by atoms with Gasteiger partial charge in [-0.15, -0.1) is 0 Å². The van der Waals surface area contributed by atoms with Gasteiger partial charge in [0.1, 0.15) is 0 Å². The molecule has 0 unspecified atom stereocenters. The fraction of sp³-hybridized carbons (Fsp3) is 0.381. The Balaban J connectivity index is 1.85. The second-order valence-electron chi connectivity index (χ2n) is 7.15. The Bertz CT molecular complexity index is 623. The van der Waals surface area contributed by atoms with Crippen LogP contribution in [0.4, 0.5) is 0 Å². The molecule has 0 aliphatic heterocycles. The highest BCUT2D eigenvalue weighted by molar-refractivity contribution is 5.76. The number of carbonyl (C=O) groups excluding carboxylic acids is 1. The van der Waals surface area contributed by atoms with Gasteiger partial charge in [-0.1, -0.05) is 75.4 Å². The highest BCUT2D eigenvalue weighted by Gasteiger charge is 2.13. The van der Waals surface area contributed by atoms with Gasteiger partial charge in [-0.05, 0) is 35.4 Å². The van der Waals surface area contributed by atoms with Gasteiger partial charge in [0.05, 0.1) is 6.04 Å². The van der Waals surface area contributed by atoms with E-state index in [1.165, 1.54) is 11.1 Å². The van der Waals surface area contributed by atoms with E-state index in [2.05, 4.69) is 50.4 Å². The SMILES string of the molecule is C[C@@H](NC(=O)CCc1ccc(C(C)(C)C)cc1)c1ccccc1. The molecule has 1 amide bonds. The first-order chi connectivity index (χ1) is 10.9. The highest BCUT2D eigenvalue weighted by atomic mass is 16.1. The molecule has 122 valence electrons. The lowest BCUT2D eigenvalue weighted by molar-refractivity contribution is -0.121. The van der Waals surface area contributed by atoms with Crippen molar-refractivity contribution in [2.24, 2.45) is 0 Å². The van der Waals surface area contributed by atoms with Gasteiger partial charge in [0, 0.05) is 6.42 Å². The molecule has 0 aliphatic rings. The van der Waals surface area contributed by atoms with E-state index in [0.717, 1.165) is 12.0 Å². The number of nitrogens with one attached hydrogen (secondary N) is 1. The third-order valence-corrected chi connectivity index (χ3v) is 4.14. The largest absolute Gasteiger partial charge is 0.350 e. The summed E-state index contributed by atoms with van der Waals surface area (Å²) >= 11 is 0. The molecular weight excluding hydrogens is 282 g/mol. The molecule has 23 heavy (non-hydrogen) atoms. The van der Waals surface area contributed by atoms with Gasteiger partial charge < -0.3 is 5.32 Å². The second kappa shape index (κ2) is 7.45. The third kappa shape index (κ3) is 5.24. The maximum absolute atomic E-state index is 12.1. The molecular formula is C21H27NO. The Morgan fingerprint density at radius 2 is 1.61 bits per heavy atom. The van der Waals surface area contributed by atoms with Crippen molar-refractivity contribution in [2.75, 3.05) is 0 Å². The van der Waals surface area contributed by atoms with Gasteiger partial charge in [0.25, 0.3) is 0 Å². The monoisotopic (exact) mass is 309 g/mol. The predicted octanol–water partition coefficient (Wildman–Crippen LogP) is 4.79. The normalized spacial score (nSPS) is 12.7. The maximum Gasteiger partial charge on any atom is 0.220 e. The van der Waals surface area contributed by atoms with Crippen LogP contribution in [0.3, 0.4) is 0 Å². The summed E-state index contributed by atoms with van der Waals surface area (Å²) in [6, 6.07) is 18.7.